The Labute approximate surface area is 215 Å². The number of aliphatic hydroxyl groups is 1. The van der Waals surface area contributed by atoms with Gasteiger partial charge in [-0.2, -0.15) is 0 Å². The third-order valence-electron chi connectivity index (χ3n) is 5.85. The van der Waals surface area contributed by atoms with Gasteiger partial charge in [0, 0.05) is 11.8 Å². The predicted octanol–water partition coefficient (Wildman–Crippen LogP) is 5.24. The Morgan fingerprint density at radius 2 is 1.50 bits per heavy atom. The molecule has 1 fully saturated rings. The number of alkyl halides is 3. The number of aliphatic hydroxyl groups excluding tert-OH is 1. The highest BCUT2D eigenvalue weighted by Crippen LogP contribution is 2.45. The standard InChI is InChI=1S/C27H22F3NO7/c1-35-17-8-4-6-15(12-17)23-22(24(32)20-14-18(36-2)10-11-21(20)37-3)25(33)26(34)31(23)16-7-5-9-19(13-16)38-27(28,29)30/h4-14,23,32H,1-3H3/b24-22+. The Morgan fingerprint density at radius 3 is 2.16 bits per heavy atom. The molecule has 1 unspecified atom stereocenters. The lowest BCUT2D eigenvalue weighted by Gasteiger charge is -2.26. The molecule has 1 heterocycles. The van der Waals surface area contributed by atoms with Crippen LogP contribution in [0.1, 0.15) is 17.2 Å². The van der Waals surface area contributed by atoms with Gasteiger partial charge in [-0.3, -0.25) is 14.5 Å². The molecule has 0 aliphatic carbocycles. The average molecular weight is 529 g/mol. The Morgan fingerprint density at radius 1 is 0.842 bits per heavy atom. The molecule has 1 atom stereocenters. The number of amides is 1. The number of ketones is 1. The lowest BCUT2D eigenvalue weighted by molar-refractivity contribution is -0.274. The van der Waals surface area contributed by atoms with Gasteiger partial charge in [-0.15, -0.1) is 13.2 Å². The maximum atomic E-state index is 13.4. The summed E-state index contributed by atoms with van der Waals surface area (Å²) in [4.78, 5) is 27.7. The minimum atomic E-state index is -4.97. The molecule has 198 valence electrons. The first-order valence-electron chi connectivity index (χ1n) is 11.1. The van der Waals surface area contributed by atoms with E-state index in [1.54, 1.807) is 30.3 Å². The van der Waals surface area contributed by atoms with Gasteiger partial charge in [0.05, 0.1) is 38.5 Å². The van der Waals surface area contributed by atoms with Crippen LogP contribution in [0.4, 0.5) is 18.9 Å². The van der Waals surface area contributed by atoms with E-state index in [9.17, 15) is 27.9 Å². The van der Waals surface area contributed by atoms with E-state index >= 15 is 0 Å². The molecule has 0 saturated carbocycles. The summed E-state index contributed by atoms with van der Waals surface area (Å²) in [5.41, 5.74) is 0.0660. The number of hydrogen-bond donors (Lipinski definition) is 1. The summed E-state index contributed by atoms with van der Waals surface area (Å²) < 4.78 is 58.5. The summed E-state index contributed by atoms with van der Waals surface area (Å²) in [6.45, 7) is 0. The molecule has 1 aliphatic rings. The first-order chi connectivity index (χ1) is 18.1. The molecule has 38 heavy (non-hydrogen) atoms. The van der Waals surface area contributed by atoms with Crippen LogP contribution in [0.25, 0.3) is 5.76 Å². The van der Waals surface area contributed by atoms with Gasteiger partial charge in [0.15, 0.2) is 0 Å². The molecule has 0 radical (unpaired) electrons. The molecule has 8 nitrogen and oxygen atoms in total. The first kappa shape index (κ1) is 26.4. The normalized spacial score (nSPS) is 16.9. The highest BCUT2D eigenvalue weighted by atomic mass is 19.4. The van der Waals surface area contributed by atoms with Crippen molar-refractivity contribution in [1.29, 1.82) is 0 Å². The van der Waals surface area contributed by atoms with Crippen LogP contribution in [0.5, 0.6) is 23.0 Å². The Bertz CT molecular complexity index is 1420. The van der Waals surface area contributed by atoms with Crippen molar-refractivity contribution in [2.45, 2.75) is 12.4 Å². The van der Waals surface area contributed by atoms with Crippen LogP contribution >= 0.6 is 0 Å². The van der Waals surface area contributed by atoms with E-state index in [-0.39, 0.29) is 22.6 Å². The lowest BCUT2D eigenvalue weighted by atomic mass is 9.94. The molecule has 3 aromatic carbocycles. The molecule has 1 saturated heterocycles. The zero-order valence-corrected chi connectivity index (χ0v) is 20.4. The van der Waals surface area contributed by atoms with Gasteiger partial charge in [0.25, 0.3) is 11.7 Å². The minimum absolute atomic E-state index is 0.0571. The second-order valence-electron chi connectivity index (χ2n) is 8.06. The maximum Gasteiger partial charge on any atom is 0.573 e. The van der Waals surface area contributed by atoms with E-state index < -0.39 is 35.6 Å². The molecule has 0 bridgehead atoms. The largest absolute Gasteiger partial charge is 0.573 e. The minimum Gasteiger partial charge on any atom is -0.507 e. The van der Waals surface area contributed by atoms with E-state index in [1.807, 2.05) is 0 Å². The van der Waals surface area contributed by atoms with Crippen molar-refractivity contribution < 1.29 is 46.8 Å². The fourth-order valence-electron chi connectivity index (χ4n) is 4.20. The second-order valence-corrected chi connectivity index (χ2v) is 8.06. The number of rotatable bonds is 7. The van der Waals surface area contributed by atoms with Crippen molar-refractivity contribution in [3.05, 3.63) is 83.4 Å². The van der Waals surface area contributed by atoms with Crippen LogP contribution in [0, 0.1) is 0 Å². The molecular weight excluding hydrogens is 507 g/mol. The number of nitrogens with zero attached hydrogens (tertiary/aromatic N) is 1. The fourth-order valence-corrected chi connectivity index (χ4v) is 4.20. The number of halogens is 3. The van der Waals surface area contributed by atoms with Gasteiger partial charge < -0.3 is 24.1 Å². The molecule has 4 rings (SSSR count). The molecule has 3 aromatic rings. The number of carbonyl (C=O) groups is 2. The Kier molecular flexibility index (Phi) is 7.20. The van der Waals surface area contributed by atoms with E-state index in [4.69, 9.17) is 14.2 Å². The summed E-state index contributed by atoms with van der Waals surface area (Å²) in [6, 6.07) is 14.4. The van der Waals surface area contributed by atoms with Gasteiger partial charge in [-0.25, -0.2) is 0 Å². The molecule has 1 aliphatic heterocycles. The summed E-state index contributed by atoms with van der Waals surface area (Å²) >= 11 is 0. The van der Waals surface area contributed by atoms with Crippen LogP contribution in [-0.4, -0.2) is 44.5 Å². The molecule has 1 amide bonds. The highest BCUT2D eigenvalue weighted by Gasteiger charge is 2.47. The highest BCUT2D eigenvalue weighted by molar-refractivity contribution is 6.51. The van der Waals surface area contributed by atoms with Crippen molar-refractivity contribution in [3.63, 3.8) is 0 Å². The van der Waals surface area contributed by atoms with Crippen molar-refractivity contribution in [1.82, 2.24) is 0 Å². The summed E-state index contributed by atoms with van der Waals surface area (Å²) in [6.07, 6.45) is -4.97. The van der Waals surface area contributed by atoms with Crippen molar-refractivity contribution in [2.24, 2.45) is 0 Å². The molecule has 0 spiro atoms. The first-order valence-corrected chi connectivity index (χ1v) is 11.1. The number of ether oxygens (including phenoxy) is 4. The van der Waals surface area contributed by atoms with E-state index in [1.165, 1.54) is 45.6 Å². The van der Waals surface area contributed by atoms with Crippen molar-refractivity contribution >= 4 is 23.1 Å². The summed E-state index contributed by atoms with van der Waals surface area (Å²) in [5, 5.41) is 11.4. The average Bonchev–Trinajstić information content (AvgIpc) is 3.17. The van der Waals surface area contributed by atoms with Gasteiger partial charge >= 0.3 is 6.36 Å². The quantitative estimate of drug-likeness (QED) is 0.254. The number of Topliss-reactive ketones (excluding diaryl/α,β-unsaturated/α-hetero) is 1. The van der Waals surface area contributed by atoms with Crippen molar-refractivity contribution in [2.75, 3.05) is 26.2 Å². The summed E-state index contributed by atoms with van der Waals surface area (Å²) in [7, 11) is 4.20. The van der Waals surface area contributed by atoms with Crippen LogP contribution < -0.4 is 23.8 Å². The predicted molar refractivity (Wildman–Crippen MR) is 130 cm³/mol. The van der Waals surface area contributed by atoms with E-state index in [2.05, 4.69) is 4.74 Å². The SMILES string of the molecule is COc1cccc(C2/C(=C(\O)c3cc(OC)ccc3OC)C(=O)C(=O)N2c2cccc(OC(F)(F)F)c2)c1. The lowest BCUT2D eigenvalue weighted by Crippen LogP contribution is -2.29. The van der Waals surface area contributed by atoms with Gasteiger partial charge in [0.1, 0.15) is 28.8 Å². The molecule has 1 N–H and O–H groups in total. The van der Waals surface area contributed by atoms with Gasteiger partial charge in [-0.05, 0) is 48.0 Å². The van der Waals surface area contributed by atoms with Crippen molar-refractivity contribution in [3.8, 4) is 23.0 Å². The molecular formula is C27H22F3NO7. The van der Waals surface area contributed by atoms with Crippen LogP contribution in [-0.2, 0) is 9.59 Å². The van der Waals surface area contributed by atoms with E-state index in [0.717, 1.165) is 17.0 Å². The number of benzene rings is 3. The zero-order chi connectivity index (χ0) is 27.6. The smallest absolute Gasteiger partial charge is 0.507 e. The Hall–Kier alpha value is -4.67. The third kappa shape index (κ3) is 5.08. The van der Waals surface area contributed by atoms with Crippen LogP contribution in [0.15, 0.2) is 72.3 Å². The monoisotopic (exact) mass is 529 g/mol. The number of hydrogen-bond acceptors (Lipinski definition) is 7. The van der Waals surface area contributed by atoms with Gasteiger partial charge in [-0.1, -0.05) is 18.2 Å². The topological polar surface area (TPSA) is 94.5 Å². The number of methoxy groups -OCH3 is 3. The fraction of sp³-hybridized carbons (Fsp3) is 0.185. The van der Waals surface area contributed by atoms with Gasteiger partial charge in [0.2, 0.25) is 0 Å². The van der Waals surface area contributed by atoms with Crippen LogP contribution in [0.3, 0.4) is 0 Å². The van der Waals surface area contributed by atoms with E-state index in [0.29, 0.717) is 17.1 Å². The number of anilines is 1. The molecule has 11 heteroatoms. The summed E-state index contributed by atoms with van der Waals surface area (Å²) in [5.74, 6) is -2.34. The molecule has 0 aromatic heterocycles. The Balaban J connectivity index is 1.96. The third-order valence-corrected chi connectivity index (χ3v) is 5.85. The zero-order valence-electron chi connectivity index (χ0n) is 20.4. The second kappa shape index (κ2) is 10.4. The van der Waals surface area contributed by atoms with Crippen LogP contribution in [0.2, 0.25) is 0 Å². The number of carbonyl (C=O) groups excluding carboxylic acids is 2. The maximum absolute atomic E-state index is 13.4.